The number of aromatic nitrogens is 4. The number of hydrogen-bond donors (Lipinski definition) is 0. The SMILES string of the molecule is COc1nccc(N2CCN(C(=O)Cn3nc(-c4ccc(C)c(F)c4)cc3-c3ccccc3)CC2)n1. The van der Waals surface area contributed by atoms with Gasteiger partial charge in [0.05, 0.1) is 18.5 Å². The molecule has 9 heteroatoms. The number of amides is 1. The highest BCUT2D eigenvalue weighted by molar-refractivity contribution is 5.78. The van der Waals surface area contributed by atoms with Crippen molar-refractivity contribution < 1.29 is 13.9 Å². The van der Waals surface area contributed by atoms with Crippen molar-refractivity contribution in [3.63, 3.8) is 0 Å². The molecule has 3 heterocycles. The molecule has 1 saturated heterocycles. The molecule has 0 spiro atoms. The van der Waals surface area contributed by atoms with Gasteiger partial charge in [0.25, 0.3) is 0 Å². The molecule has 2 aromatic carbocycles. The van der Waals surface area contributed by atoms with Crippen LogP contribution in [-0.4, -0.2) is 63.8 Å². The van der Waals surface area contributed by atoms with E-state index in [9.17, 15) is 9.18 Å². The molecule has 5 rings (SSSR count). The molecule has 0 aliphatic carbocycles. The maximum atomic E-state index is 14.2. The minimum atomic E-state index is -0.279. The number of carbonyl (C=O) groups excluding carboxylic acids is 1. The summed E-state index contributed by atoms with van der Waals surface area (Å²) < 4.78 is 21.1. The number of nitrogens with zero attached hydrogens (tertiary/aromatic N) is 6. The molecular formula is C27H27FN6O2. The maximum absolute atomic E-state index is 14.2. The lowest BCUT2D eigenvalue weighted by Gasteiger charge is -2.35. The van der Waals surface area contributed by atoms with Crippen molar-refractivity contribution in [3.05, 3.63) is 78.2 Å². The summed E-state index contributed by atoms with van der Waals surface area (Å²) in [5, 5.41) is 4.71. The second-order valence-corrected chi connectivity index (χ2v) is 8.67. The van der Waals surface area contributed by atoms with Crippen LogP contribution in [0.25, 0.3) is 22.5 Å². The fourth-order valence-electron chi connectivity index (χ4n) is 4.29. The van der Waals surface area contributed by atoms with Gasteiger partial charge >= 0.3 is 6.01 Å². The van der Waals surface area contributed by atoms with Crippen LogP contribution in [0.1, 0.15) is 5.56 Å². The normalized spacial score (nSPS) is 13.6. The molecule has 0 bridgehead atoms. The molecule has 0 N–H and O–H groups in total. The number of rotatable bonds is 6. The molecule has 2 aromatic heterocycles. The third-order valence-corrected chi connectivity index (χ3v) is 6.36. The average molecular weight is 487 g/mol. The van der Waals surface area contributed by atoms with E-state index in [2.05, 4.69) is 14.9 Å². The van der Waals surface area contributed by atoms with E-state index in [4.69, 9.17) is 9.84 Å². The zero-order valence-corrected chi connectivity index (χ0v) is 20.3. The Hall–Kier alpha value is -4.27. The predicted molar refractivity (Wildman–Crippen MR) is 135 cm³/mol. The van der Waals surface area contributed by atoms with Gasteiger partial charge in [0, 0.05) is 37.9 Å². The van der Waals surface area contributed by atoms with Crippen LogP contribution in [-0.2, 0) is 11.3 Å². The zero-order chi connectivity index (χ0) is 25.1. The van der Waals surface area contributed by atoms with E-state index in [1.165, 1.54) is 13.2 Å². The molecule has 1 aliphatic rings. The number of hydrogen-bond acceptors (Lipinski definition) is 6. The Kier molecular flexibility index (Phi) is 6.62. The summed E-state index contributed by atoms with van der Waals surface area (Å²) in [5.74, 6) is 0.484. The Balaban J connectivity index is 1.34. The molecule has 1 aliphatic heterocycles. The molecule has 0 saturated carbocycles. The topological polar surface area (TPSA) is 76.4 Å². The van der Waals surface area contributed by atoms with Crippen molar-refractivity contribution in [2.45, 2.75) is 13.5 Å². The Morgan fingerprint density at radius 1 is 1.00 bits per heavy atom. The largest absolute Gasteiger partial charge is 0.467 e. The van der Waals surface area contributed by atoms with E-state index in [0.717, 1.165) is 17.1 Å². The van der Waals surface area contributed by atoms with E-state index in [1.807, 2.05) is 53.4 Å². The second-order valence-electron chi connectivity index (χ2n) is 8.67. The summed E-state index contributed by atoms with van der Waals surface area (Å²) in [7, 11) is 1.54. The van der Waals surface area contributed by atoms with Crippen LogP contribution in [0.5, 0.6) is 6.01 Å². The van der Waals surface area contributed by atoms with E-state index < -0.39 is 0 Å². The van der Waals surface area contributed by atoms with E-state index >= 15 is 0 Å². The highest BCUT2D eigenvalue weighted by atomic mass is 19.1. The molecule has 36 heavy (non-hydrogen) atoms. The molecule has 184 valence electrons. The van der Waals surface area contributed by atoms with Gasteiger partial charge in [-0.2, -0.15) is 10.1 Å². The number of ether oxygens (including phenoxy) is 1. The first kappa shape index (κ1) is 23.5. The Bertz CT molecular complexity index is 1370. The quantitative estimate of drug-likeness (QED) is 0.413. The van der Waals surface area contributed by atoms with Gasteiger partial charge in [-0.1, -0.05) is 42.5 Å². The molecule has 0 atom stereocenters. The zero-order valence-electron chi connectivity index (χ0n) is 20.3. The Morgan fingerprint density at radius 2 is 1.78 bits per heavy atom. The summed E-state index contributed by atoms with van der Waals surface area (Å²) in [4.78, 5) is 25.7. The lowest BCUT2D eigenvalue weighted by molar-refractivity contribution is -0.132. The molecule has 0 unspecified atom stereocenters. The van der Waals surface area contributed by atoms with E-state index in [0.29, 0.717) is 49.0 Å². The van der Waals surface area contributed by atoms with Gasteiger partial charge in [-0.25, -0.2) is 9.37 Å². The summed E-state index contributed by atoms with van der Waals surface area (Å²) in [6.45, 7) is 4.29. The Labute approximate surface area is 209 Å². The molecule has 1 fully saturated rings. The number of aryl methyl sites for hydroxylation is 1. The number of halogens is 1. The minimum Gasteiger partial charge on any atom is -0.467 e. The summed E-state index contributed by atoms with van der Waals surface area (Å²) in [6.07, 6.45) is 1.67. The number of piperazine rings is 1. The fourth-order valence-corrected chi connectivity index (χ4v) is 4.29. The van der Waals surface area contributed by atoms with Crippen molar-refractivity contribution in [1.82, 2.24) is 24.6 Å². The summed E-state index contributed by atoms with van der Waals surface area (Å²) >= 11 is 0. The van der Waals surface area contributed by atoms with Crippen LogP contribution in [0, 0.1) is 12.7 Å². The van der Waals surface area contributed by atoms with Gasteiger partial charge < -0.3 is 14.5 Å². The first-order chi connectivity index (χ1) is 17.5. The van der Waals surface area contributed by atoms with Crippen LogP contribution in [0.2, 0.25) is 0 Å². The number of benzene rings is 2. The van der Waals surface area contributed by atoms with Crippen molar-refractivity contribution in [1.29, 1.82) is 0 Å². The van der Waals surface area contributed by atoms with Crippen molar-refractivity contribution in [2.75, 3.05) is 38.2 Å². The van der Waals surface area contributed by atoms with Gasteiger partial charge in [0.2, 0.25) is 5.91 Å². The number of anilines is 1. The van der Waals surface area contributed by atoms with Gasteiger partial charge in [0.15, 0.2) is 0 Å². The van der Waals surface area contributed by atoms with Gasteiger partial charge in [-0.15, -0.1) is 0 Å². The van der Waals surface area contributed by atoms with Crippen molar-refractivity contribution >= 4 is 11.7 Å². The lowest BCUT2D eigenvalue weighted by atomic mass is 10.1. The first-order valence-electron chi connectivity index (χ1n) is 11.8. The number of carbonyl (C=O) groups is 1. The predicted octanol–water partition coefficient (Wildman–Crippen LogP) is 3.81. The minimum absolute atomic E-state index is 0.0168. The first-order valence-corrected chi connectivity index (χ1v) is 11.8. The highest BCUT2D eigenvalue weighted by Crippen LogP contribution is 2.27. The van der Waals surface area contributed by atoms with Crippen LogP contribution in [0.15, 0.2) is 66.9 Å². The number of methoxy groups -OCH3 is 1. The summed E-state index contributed by atoms with van der Waals surface area (Å²) in [6, 6.07) is 18.9. The molecule has 1 amide bonds. The summed E-state index contributed by atoms with van der Waals surface area (Å²) in [5.41, 5.74) is 3.64. The molecule has 8 nitrogen and oxygen atoms in total. The smallest absolute Gasteiger partial charge is 0.318 e. The van der Waals surface area contributed by atoms with Gasteiger partial charge in [-0.05, 0) is 36.2 Å². The molecular weight excluding hydrogens is 459 g/mol. The van der Waals surface area contributed by atoms with Crippen LogP contribution in [0.4, 0.5) is 10.2 Å². The Morgan fingerprint density at radius 3 is 2.50 bits per heavy atom. The fraction of sp³-hybridized carbons (Fsp3) is 0.259. The lowest BCUT2D eigenvalue weighted by Crippen LogP contribution is -2.50. The van der Waals surface area contributed by atoms with E-state index in [1.54, 1.807) is 23.9 Å². The maximum Gasteiger partial charge on any atom is 0.318 e. The highest BCUT2D eigenvalue weighted by Gasteiger charge is 2.24. The van der Waals surface area contributed by atoms with Crippen LogP contribution < -0.4 is 9.64 Å². The van der Waals surface area contributed by atoms with Gasteiger partial charge in [-0.3, -0.25) is 9.48 Å². The van der Waals surface area contributed by atoms with Crippen molar-refractivity contribution in [3.8, 4) is 28.5 Å². The van der Waals surface area contributed by atoms with E-state index in [-0.39, 0.29) is 18.3 Å². The molecule has 0 radical (unpaired) electrons. The van der Waals surface area contributed by atoms with Crippen LogP contribution in [0.3, 0.4) is 0 Å². The average Bonchev–Trinajstić information content (AvgIpc) is 3.34. The third kappa shape index (κ3) is 4.91. The van der Waals surface area contributed by atoms with Crippen LogP contribution >= 0.6 is 0 Å². The third-order valence-electron chi connectivity index (χ3n) is 6.36. The monoisotopic (exact) mass is 486 g/mol. The second kappa shape index (κ2) is 10.2. The standard InChI is InChI=1S/C27H27FN6O2/c1-19-8-9-21(16-22(19)28)23-17-24(20-6-4-3-5-7-20)34(31-23)18-26(35)33-14-12-32(13-15-33)25-10-11-29-27(30-25)36-2/h3-11,16-17H,12-15,18H2,1-2H3. The van der Waals surface area contributed by atoms with Crippen molar-refractivity contribution in [2.24, 2.45) is 0 Å². The van der Waals surface area contributed by atoms with Gasteiger partial charge in [0.1, 0.15) is 18.2 Å². The molecule has 4 aromatic rings.